The van der Waals surface area contributed by atoms with Crippen LogP contribution >= 0.6 is 0 Å². The van der Waals surface area contributed by atoms with Gasteiger partial charge in [-0.05, 0) is 55.9 Å². The number of benzene rings is 2. The third kappa shape index (κ3) is 4.37. The summed E-state index contributed by atoms with van der Waals surface area (Å²) in [5.74, 6) is 1.91. The highest BCUT2D eigenvalue weighted by molar-refractivity contribution is 5.80. The summed E-state index contributed by atoms with van der Waals surface area (Å²) in [5.41, 5.74) is 2.06. The van der Waals surface area contributed by atoms with Gasteiger partial charge in [-0.1, -0.05) is 30.4 Å². The van der Waals surface area contributed by atoms with Crippen LogP contribution in [0.3, 0.4) is 0 Å². The lowest BCUT2D eigenvalue weighted by molar-refractivity contribution is 0.270. The van der Waals surface area contributed by atoms with E-state index in [-0.39, 0.29) is 23.8 Å². The minimum atomic E-state index is 0.0421. The maximum atomic E-state index is 9.72. The first-order chi connectivity index (χ1) is 13.5. The van der Waals surface area contributed by atoms with Gasteiger partial charge in [0.2, 0.25) is 0 Å². The van der Waals surface area contributed by atoms with E-state index in [0.29, 0.717) is 0 Å². The summed E-state index contributed by atoms with van der Waals surface area (Å²) in [6.07, 6.45) is 7.21. The molecule has 0 aliphatic heterocycles. The molecule has 0 fully saturated rings. The largest absolute Gasteiger partial charge is 0.508 e. The van der Waals surface area contributed by atoms with Crippen LogP contribution in [0, 0.1) is 0 Å². The first-order valence-corrected chi connectivity index (χ1v) is 9.40. The molecule has 148 valence electrons. The quantitative estimate of drug-likeness (QED) is 0.611. The third-order valence-corrected chi connectivity index (χ3v) is 5.18. The standard InChI is InChI=1S/C23H28N2O3/c1-25(2)20-10-6-9-19(17-11-12-21(27-3)22(14-17)28-4)23(20)24-15-16-7-5-8-18(26)13-16/h5-8,10-15,19-20,23,26H,9H2,1-4H3/t19-,20-,23?/m0/s1. The number of ether oxygens (including phenoxy) is 2. The molecule has 0 spiro atoms. The van der Waals surface area contributed by atoms with Crippen LogP contribution in [0.4, 0.5) is 0 Å². The molecule has 5 nitrogen and oxygen atoms in total. The Kier molecular flexibility index (Phi) is 6.37. The van der Waals surface area contributed by atoms with E-state index in [1.807, 2.05) is 30.5 Å². The molecule has 5 heteroatoms. The van der Waals surface area contributed by atoms with Crippen LogP contribution in [0.2, 0.25) is 0 Å². The van der Waals surface area contributed by atoms with Crippen molar-refractivity contribution in [2.75, 3.05) is 28.3 Å². The molecule has 1 aliphatic rings. The van der Waals surface area contributed by atoms with Gasteiger partial charge in [-0.25, -0.2) is 0 Å². The Hall–Kier alpha value is -2.79. The molecule has 2 aromatic rings. The molecule has 1 unspecified atom stereocenters. The first kappa shape index (κ1) is 20.0. The summed E-state index contributed by atoms with van der Waals surface area (Å²) >= 11 is 0. The molecule has 0 saturated heterocycles. The van der Waals surface area contributed by atoms with Crippen molar-refractivity contribution in [3.05, 3.63) is 65.7 Å². The first-order valence-electron chi connectivity index (χ1n) is 9.40. The van der Waals surface area contributed by atoms with Gasteiger partial charge < -0.3 is 19.5 Å². The smallest absolute Gasteiger partial charge is 0.160 e. The zero-order valence-corrected chi connectivity index (χ0v) is 16.9. The molecule has 0 saturated carbocycles. The van der Waals surface area contributed by atoms with Gasteiger partial charge in [-0.2, -0.15) is 0 Å². The Morgan fingerprint density at radius 2 is 1.86 bits per heavy atom. The van der Waals surface area contributed by atoms with E-state index in [9.17, 15) is 5.11 Å². The predicted molar refractivity (Wildman–Crippen MR) is 113 cm³/mol. The molecule has 0 radical (unpaired) electrons. The number of aromatic hydroxyl groups is 1. The molecule has 1 N–H and O–H groups in total. The van der Waals surface area contributed by atoms with Crippen LogP contribution in [0.25, 0.3) is 0 Å². The van der Waals surface area contributed by atoms with E-state index in [0.717, 1.165) is 23.5 Å². The minimum absolute atomic E-state index is 0.0421. The fourth-order valence-electron chi connectivity index (χ4n) is 3.72. The van der Waals surface area contributed by atoms with Crippen molar-refractivity contribution in [3.8, 4) is 17.2 Å². The summed E-state index contributed by atoms with van der Waals surface area (Å²) in [6, 6.07) is 13.5. The maximum Gasteiger partial charge on any atom is 0.160 e. The van der Waals surface area contributed by atoms with Crippen LogP contribution < -0.4 is 9.47 Å². The van der Waals surface area contributed by atoms with Crippen molar-refractivity contribution in [3.63, 3.8) is 0 Å². The molecular formula is C23H28N2O3. The van der Waals surface area contributed by atoms with Crippen LogP contribution in [0.5, 0.6) is 17.2 Å². The normalized spacial score (nSPS) is 22.0. The zero-order valence-electron chi connectivity index (χ0n) is 16.9. The van der Waals surface area contributed by atoms with Crippen LogP contribution in [-0.4, -0.2) is 56.6 Å². The number of likely N-dealkylation sites (N-methyl/N-ethyl adjacent to an activating group) is 1. The monoisotopic (exact) mass is 380 g/mol. The van der Waals surface area contributed by atoms with Gasteiger partial charge in [0.05, 0.1) is 26.3 Å². The average molecular weight is 380 g/mol. The second-order valence-electron chi connectivity index (χ2n) is 7.20. The highest BCUT2D eigenvalue weighted by Gasteiger charge is 2.32. The van der Waals surface area contributed by atoms with E-state index >= 15 is 0 Å². The molecule has 1 aliphatic carbocycles. The molecule has 2 aromatic carbocycles. The number of phenolic OH excluding ortho intramolecular Hbond substituents is 1. The fourth-order valence-corrected chi connectivity index (χ4v) is 3.72. The molecular weight excluding hydrogens is 352 g/mol. The topological polar surface area (TPSA) is 54.3 Å². The van der Waals surface area contributed by atoms with E-state index in [4.69, 9.17) is 14.5 Å². The SMILES string of the molecule is COc1ccc([C@@H]2CC=C[C@H](N(C)C)C2N=Cc2cccc(O)c2)cc1OC. The van der Waals surface area contributed by atoms with Crippen molar-refractivity contribution >= 4 is 6.21 Å². The molecule has 0 aromatic heterocycles. The van der Waals surface area contributed by atoms with E-state index in [2.05, 4.69) is 37.2 Å². The lowest BCUT2D eigenvalue weighted by Crippen LogP contribution is -2.42. The van der Waals surface area contributed by atoms with E-state index in [1.54, 1.807) is 26.4 Å². The number of rotatable bonds is 6. The van der Waals surface area contributed by atoms with Crippen molar-refractivity contribution in [1.29, 1.82) is 0 Å². The number of methoxy groups -OCH3 is 2. The van der Waals surface area contributed by atoms with Gasteiger partial charge >= 0.3 is 0 Å². The lowest BCUT2D eigenvalue weighted by Gasteiger charge is -2.36. The number of phenols is 1. The van der Waals surface area contributed by atoms with Crippen LogP contribution in [0.15, 0.2) is 59.6 Å². The molecule has 28 heavy (non-hydrogen) atoms. The van der Waals surface area contributed by atoms with E-state index < -0.39 is 0 Å². The molecule has 0 heterocycles. The summed E-state index contributed by atoms with van der Waals surface area (Å²) in [4.78, 5) is 7.14. The van der Waals surface area contributed by atoms with Crippen molar-refractivity contribution in [1.82, 2.24) is 4.90 Å². The maximum absolute atomic E-state index is 9.72. The highest BCUT2D eigenvalue weighted by atomic mass is 16.5. The van der Waals surface area contributed by atoms with Gasteiger partial charge in [0.1, 0.15) is 5.75 Å². The fraction of sp³-hybridized carbons (Fsp3) is 0.348. The van der Waals surface area contributed by atoms with Gasteiger partial charge in [0.25, 0.3) is 0 Å². The zero-order chi connectivity index (χ0) is 20.1. The number of allylic oxidation sites excluding steroid dienone is 1. The Morgan fingerprint density at radius 1 is 1.07 bits per heavy atom. The summed E-state index contributed by atoms with van der Waals surface area (Å²) in [6.45, 7) is 0. The Morgan fingerprint density at radius 3 is 2.54 bits per heavy atom. The molecule has 3 atom stereocenters. The van der Waals surface area contributed by atoms with Crippen LogP contribution in [-0.2, 0) is 0 Å². The number of nitrogens with zero attached hydrogens (tertiary/aromatic N) is 2. The summed E-state index contributed by atoms with van der Waals surface area (Å²) in [7, 11) is 7.44. The van der Waals surface area contributed by atoms with E-state index in [1.165, 1.54) is 5.56 Å². The molecule has 3 rings (SSSR count). The molecule has 0 amide bonds. The highest BCUT2D eigenvalue weighted by Crippen LogP contribution is 2.37. The van der Waals surface area contributed by atoms with Crippen LogP contribution in [0.1, 0.15) is 23.5 Å². The molecule has 0 bridgehead atoms. The van der Waals surface area contributed by atoms with Crippen molar-refractivity contribution < 1.29 is 14.6 Å². The van der Waals surface area contributed by atoms with Crippen molar-refractivity contribution in [2.45, 2.75) is 24.4 Å². The minimum Gasteiger partial charge on any atom is -0.508 e. The van der Waals surface area contributed by atoms with Crippen molar-refractivity contribution in [2.24, 2.45) is 4.99 Å². The van der Waals surface area contributed by atoms with Gasteiger partial charge in [-0.3, -0.25) is 4.99 Å². The third-order valence-electron chi connectivity index (χ3n) is 5.18. The van der Waals surface area contributed by atoms with Gasteiger partial charge in [-0.15, -0.1) is 0 Å². The Labute approximate surface area is 166 Å². The Bertz CT molecular complexity index is 861. The number of aliphatic imine (C=N–C) groups is 1. The van der Waals surface area contributed by atoms with Gasteiger partial charge in [0.15, 0.2) is 11.5 Å². The second kappa shape index (κ2) is 8.93. The Balaban J connectivity index is 1.97. The summed E-state index contributed by atoms with van der Waals surface area (Å²) in [5, 5.41) is 9.72. The number of hydrogen-bond acceptors (Lipinski definition) is 5. The lowest BCUT2D eigenvalue weighted by atomic mass is 9.80. The van der Waals surface area contributed by atoms with Gasteiger partial charge in [0, 0.05) is 12.1 Å². The number of hydrogen-bond donors (Lipinski definition) is 1. The second-order valence-corrected chi connectivity index (χ2v) is 7.20. The average Bonchev–Trinajstić information content (AvgIpc) is 2.71. The predicted octanol–water partition coefficient (Wildman–Crippen LogP) is 3.87. The summed E-state index contributed by atoms with van der Waals surface area (Å²) < 4.78 is 10.9.